The zero-order valence-electron chi connectivity index (χ0n) is 14.0. The van der Waals surface area contributed by atoms with E-state index in [0.717, 1.165) is 38.8 Å². The van der Waals surface area contributed by atoms with Crippen LogP contribution in [0, 0.1) is 0 Å². The molecule has 4 rings (SSSR count). The molecule has 5 heteroatoms. The standard InChI is InChI=1S/C20H17N3OS/c1-24-18-5-3-4-16(12-18)14-6-8-15(9-7-14)19-13-17-10-11-21-23(17)20(22-19)25-2/h3-13H,1-2H3. The van der Waals surface area contributed by atoms with Crippen molar-refractivity contribution in [2.24, 2.45) is 0 Å². The van der Waals surface area contributed by atoms with Crippen LogP contribution in [0.15, 0.2) is 72.0 Å². The third kappa shape index (κ3) is 2.98. The minimum Gasteiger partial charge on any atom is -0.497 e. The van der Waals surface area contributed by atoms with Crippen LogP contribution < -0.4 is 4.74 Å². The summed E-state index contributed by atoms with van der Waals surface area (Å²) in [7, 11) is 1.68. The Morgan fingerprint density at radius 3 is 2.48 bits per heavy atom. The van der Waals surface area contributed by atoms with Gasteiger partial charge in [0.2, 0.25) is 0 Å². The number of thioether (sulfide) groups is 1. The second-order valence-corrected chi connectivity index (χ2v) is 6.38. The molecule has 0 unspecified atom stereocenters. The van der Waals surface area contributed by atoms with Crippen LogP contribution in [0.2, 0.25) is 0 Å². The lowest BCUT2D eigenvalue weighted by Gasteiger charge is -2.08. The Hall–Kier alpha value is -2.79. The number of fused-ring (bicyclic) bond motifs is 1. The molecule has 0 aliphatic carbocycles. The van der Waals surface area contributed by atoms with Crippen molar-refractivity contribution in [2.75, 3.05) is 13.4 Å². The van der Waals surface area contributed by atoms with Crippen molar-refractivity contribution in [1.29, 1.82) is 0 Å². The summed E-state index contributed by atoms with van der Waals surface area (Å²) in [4.78, 5) is 4.74. The van der Waals surface area contributed by atoms with E-state index in [1.807, 2.05) is 35.0 Å². The molecule has 0 saturated heterocycles. The van der Waals surface area contributed by atoms with Gasteiger partial charge in [-0.1, -0.05) is 48.2 Å². The molecule has 25 heavy (non-hydrogen) atoms. The Morgan fingerprint density at radius 2 is 1.72 bits per heavy atom. The van der Waals surface area contributed by atoms with E-state index in [2.05, 4.69) is 41.5 Å². The number of benzene rings is 2. The van der Waals surface area contributed by atoms with Crippen LogP contribution in [0.4, 0.5) is 0 Å². The zero-order chi connectivity index (χ0) is 17.2. The SMILES string of the molecule is COc1cccc(-c2ccc(-c3cc4ccnn4c(SC)n3)cc2)c1. The van der Waals surface area contributed by atoms with Crippen molar-refractivity contribution in [1.82, 2.24) is 14.6 Å². The third-order valence-corrected chi connectivity index (χ3v) is 4.75. The van der Waals surface area contributed by atoms with Crippen molar-refractivity contribution in [3.8, 4) is 28.1 Å². The summed E-state index contributed by atoms with van der Waals surface area (Å²) in [6.45, 7) is 0. The van der Waals surface area contributed by atoms with E-state index in [9.17, 15) is 0 Å². The van der Waals surface area contributed by atoms with Crippen LogP contribution >= 0.6 is 11.8 Å². The van der Waals surface area contributed by atoms with Gasteiger partial charge in [0, 0.05) is 5.56 Å². The molecule has 124 valence electrons. The summed E-state index contributed by atoms with van der Waals surface area (Å²) < 4.78 is 7.17. The molecule has 0 N–H and O–H groups in total. The van der Waals surface area contributed by atoms with Gasteiger partial charge in [0.05, 0.1) is 24.5 Å². The normalized spacial score (nSPS) is 11.0. The highest BCUT2D eigenvalue weighted by Gasteiger charge is 2.08. The van der Waals surface area contributed by atoms with Crippen LogP contribution in [-0.2, 0) is 0 Å². The summed E-state index contributed by atoms with van der Waals surface area (Å²) >= 11 is 1.59. The van der Waals surface area contributed by atoms with Crippen molar-refractivity contribution in [3.63, 3.8) is 0 Å². The van der Waals surface area contributed by atoms with E-state index in [1.165, 1.54) is 0 Å². The number of methoxy groups -OCH3 is 1. The van der Waals surface area contributed by atoms with E-state index in [1.54, 1.807) is 25.1 Å². The average Bonchev–Trinajstić information content (AvgIpc) is 3.16. The molecule has 0 radical (unpaired) electrons. The molecule has 4 aromatic rings. The number of aromatic nitrogens is 3. The molecule has 0 aliphatic rings. The quantitative estimate of drug-likeness (QED) is 0.393. The number of hydrogen-bond acceptors (Lipinski definition) is 4. The third-order valence-electron chi connectivity index (χ3n) is 4.12. The van der Waals surface area contributed by atoms with Crippen LogP contribution in [-0.4, -0.2) is 28.0 Å². The molecule has 4 nitrogen and oxygen atoms in total. The molecule has 0 bridgehead atoms. The minimum absolute atomic E-state index is 0.860. The Morgan fingerprint density at radius 1 is 0.920 bits per heavy atom. The summed E-state index contributed by atoms with van der Waals surface area (Å²) in [5, 5.41) is 5.20. The highest BCUT2D eigenvalue weighted by Crippen LogP contribution is 2.28. The Balaban J connectivity index is 1.72. The fourth-order valence-electron chi connectivity index (χ4n) is 2.82. The van der Waals surface area contributed by atoms with Crippen molar-refractivity contribution >= 4 is 17.3 Å². The maximum absolute atomic E-state index is 5.31. The minimum atomic E-state index is 0.860. The number of nitrogens with zero attached hydrogens (tertiary/aromatic N) is 3. The Kier molecular flexibility index (Phi) is 4.15. The maximum atomic E-state index is 5.31. The predicted molar refractivity (Wildman–Crippen MR) is 102 cm³/mol. The van der Waals surface area contributed by atoms with Crippen molar-refractivity contribution in [3.05, 3.63) is 66.9 Å². The predicted octanol–water partition coefficient (Wildman–Crippen LogP) is 4.79. The van der Waals surface area contributed by atoms with Gasteiger partial charge in [-0.25, -0.2) is 9.50 Å². The fraction of sp³-hybridized carbons (Fsp3) is 0.100. The van der Waals surface area contributed by atoms with Gasteiger partial charge in [-0.2, -0.15) is 5.10 Å². The highest BCUT2D eigenvalue weighted by atomic mass is 32.2. The summed E-state index contributed by atoms with van der Waals surface area (Å²) in [6, 6.07) is 20.6. The van der Waals surface area contributed by atoms with Gasteiger partial charge in [-0.15, -0.1) is 0 Å². The summed E-state index contributed by atoms with van der Waals surface area (Å²) in [6.07, 6.45) is 3.81. The molecule has 0 aliphatic heterocycles. The van der Waals surface area contributed by atoms with Crippen molar-refractivity contribution < 1.29 is 4.74 Å². The van der Waals surface area contributed by atoms with Crippen LogP contribution in [0.5, 0.6) is 5.75 Å². The number of rotatable bonds is 4. The first-order chi connectivity index (χ1) is 12.3. The van der Waals surface area contributed by atoms with E-state index >= 15 is 0 Å². The highest BCUT2D eigenvalue weighted by molar-refractivity contribution is 7.98. The zero-order valence-corrected chi connectivity index (χ0v) is 14.8. The smallest absolute Gasteiger partial charge is 0.189 e. The molecule has 2 heterocycles. The second kappa shape index (κ2) is 6.61. The number of hydrogen-bond donors (Lipinski definition) is 0. The molecule has 0 atom stereocenters. The van der Waals surface area contributed by atoms with E-state index in [4.69, 9.17) is 9.72 Å². The summed E-state index contributed by atoms with van der Waals surface area (Å²) in [5.41, 5.74) is 5.37. The molecule has 0 amide bonds. The van der Waals surface area contributed by atoms with Gasteiger partial charge < -0.3 is 4.74 Å². The summed E-state index contributed by atoms with van der Waals surface area (Å²) in [5.74, 6) is 0.860. The lowest BCUT2D eigenvalue weighted by atomic mass is 10.0. The molecule has 0 spiro atoms. The van der Waals surface area contributed by atoms with Crippen LogP contribution in [0.3, 0.4) is 0 Å². The largest absolute Gasteiger partial charge is 0.497 e. The maximum Gasteiger partial charge on any atom is 0.189 e. The van der Waals surface area contributed by atoms with Gasteiger partial charge >= 0.3 is 0 Å². The lowest BCUT2D eigenvalue weighted by Crippen LogP contribution is -1.97. The lowest BCUT2D eigenvalue weighted by molar-refractivity contribution is 0.415. The van der Waals surface area contributed by atoms with Gasteiger partial charge in [-0.3, -0.25) is 0 Å². The second-order valence-electron chi connectivity index (χ2n) is 5.61. The van der Waals surface area contributed by atoms with E-state index in [0.29, 0.717) is 0 Å². The molecule has 2 aromatic carbocycles. The van der Waals surface area contributed by atoms with Crippen molar-refractivity contribution in [2.45, 2.75) is 5.16 Å². The van der Waals surface area contributed by atoms with Gasteiger partial charge in [0.1, 0.15) is 5.75 Å². The molecule has 2 aromatic heterocycles. The Labute approximate surface area is 150 Å². The van der Waals surface area contributed by atoms with Gasteiger partial charge in [0.15, 0.2) is 5.16 Å². The fourth-order valence-corrected chi connectivity index (χ4v) is 3.34. The first kappa shape index (κ1) is 15.7. The Bertz CT molecular complexity index is 1020. The first-order valence-electron chi connectivity index (χ1n) is 7.92. The van der Waals surface area contributed by atoms with E-state index in [-0.39, 0.29) is 0 Å². The molecular weight excluding hydrogens is 330 g/mol. The monoisotopic (exact) mass is 347 g/mol. The van der Waals surface area contributed by atoms with Crippen LogP contribution in [0.25, 0.3) is 27.9 Å². The van der Waals surface area contributed by atoms with Crippen LogP contribution in [0.1, 0.15) is 0 Å². The topological polar surface area (TPSA) is 39.4 Å². The molecule has 0 saturated carbocycles. The van der Waals surface area contributed by atoms with Gasteiger partial charge in [-0.05, 0) is 41.6 Å². The molecular formula is C20H17N3OS. The first-order valence-corrected chi connectivity index (χ1v) is 9.14. The number of ether oxygens (including phenoxy) is 1. The van der Waals surface area contributed by atoms with E-state index < -0.39 is 0 Å². The average molecular weight is 347 g/mol. The van der Waals surface area contributed by atoms with Gasteiger partial charge in [0.25, 0.3) is 0 Å². The molecule has 0 fully saturated rings.